The first-order chi connectivity index (χ1) is 9.40. The molecule has 110 valence electrons. The first kappa shape index (κ1) is 16.4. The lowest BCUT2D eigenvalue weighted by Gasteiger charge is -2.23. The molecule has 0 aliphatic rings. The number of ether oxygens (including phenoxy) is 1. The molecular weight excluding hydrogens is 250 g/mol. The molecule has 0 amide bonds. The van der Waals surface area contributed by atoms with E-state index >= 15 is 0 Å². The Kier molecular flexibility index (Phi) is 6.46. The number of carbonyl (C=O) groups is 1. The molecule has 0 aromatic heterocycles. The van der Waals surface area contributed by atoms with Crippen LogP contribution in [0.2, 0.25) is 0 Å². The van der Waals surface area contributed by atoms with Gasteiger partial charge in [-0.2, -0.15) is 0 Å². The molecule has 1 rings (SSSR count). The molecule has 3 heteroatoms. The van der Waals surface area contributed by atoms with Crippen molar-refractivity contribution in [3.05, 3.63) is 48.6 Å². The van der Waals surface area contributed by atoms with Gasteiger partial charge in [-0.3, -0.25) is 9.69 Å². The second-order valence-corrected chi connectivity index (χ2v) is 5.85. The second-order valence-electron chi connectivity index (χ2n) is 5.85. The molecule has 1 aromatic carbocycles. The van der Waals surface area contributed by atoms with Crippen LogP contribution in [0, 0.1) is 0 Å². The topological polar surface area (TPSA) is 29.5 Å². The second kappa shape index (κ2) is 7.85. The van der Waals surface area contributed by atoms with Crippen molar-refractivity contribution >= 4 is 5.97 Å². The van der Waals surface area contributed by atoms with Crippen LogP contribution in [0.15, 0.2) is 43.0 Å². The van der Waals surface area contributed by atoms with E-state index < -0.39 is 5.60 Å². The molecule has 20 heavy (non-hydrogen) atoms. The van der Waals surface area contributed by atoms with Gasteiger partial charge in [0.1, 0.15) is 5.60 Å². The van der Waals surface area contributed by atoms with Gasteiger partial charge in [0.25, 0.3) is 0 Å². The SMILES string of the molecule is C=CCN(CCC(=O)OC(C)(C)C)Cc1ccccc1. The Labute approximate surface area is 122 Å². The Morgan fingerprint density at radius 1 is 1.30 bits per heavy atom. The third-order valence-electron chi connectivity index (χ3n) is 2.69. The maximum atomic E-state index is 11.7. The number of benzene rings is 1. The monoisotopic (exact) mass is 275 g/mol. The fourth-order valence-electron chi connectivity index (χ4n) is 1.90. The van der Waals surface area contributed by atoms with Gasteiger partial charge in [-0.05, 0) is 26.3 Å². The van der Waals surface area contributed by atoms with Crippen LogP contribution in [-0.4, -0.2) is 29.6 Å². The highest BCUT2D eigenvalue weighted by molar-refractivity contribution is 5.70. The van der Waals surface area contributed by atoms with Crippen LogP contribution in [0.1, 0.15) is 32.8 Å². The maximum Gasteiger partial charge on any atom is 0.307 e. The van der Waals surface area contributed by atoms with Crippen molar-refractivity contribution in [3.8, 4) is 0 Å². The first-order valence-electron chi connectivity index (χ1n) is 7.00. The summed E-state index contributed by atoms with van der Waals surface area (Å²) in [4.78, 5) is 13.9. The molecule has 1 aromatic rings. The smallest absolute Gasteiger partial charge is 0.307 e. The Hall–Kier alpha value is -1.61. The fourth-order valence-corrected chi connectivity index (χ4v) is 1.90. The number of rotatable bonds is 7. The average molecular weight is 275 g/mol. The third-order valence-corrected chi connectivity index (χ3v) is 2.69. The van der Waals surface area contributed by atoms with Crippen molar-refractivity contribution in [2.75, 3.05) is 13.1 Å². The van der Waals surface area contributed by atoms with Crippen LogP contribution in [0.5, 0.6) is 0 Å². The van der Waals surface area contributed by atoms with E-state index in [4.69, 9.17) is 4.74 Å². The van der Waals surface area contributed by atoms with E-state index in [1.165, 1.54) is 5.56 Å². The summed E-state index contributed by atoms with van der Waals surface area (Å²) in [6.07, 6.45) is 2.26. The minimum absolute atomic E-state index is 0.153. The molecule has 0 saturated heterocycles. The molecule has 0 radical (unpaired) electrons. The minimum Gasteiger partial charge on any atom is -0.460 e. The Balaban J connectivity index is 2.47. The fraction of sp³-hybridized carbons (Fsp3) is 0.471. The summed E-state index contributed by atoms with van der Waals surface area (Å²) in [6.45, 7) is 11.7. The summed E-state index contributed by atoms with van der Waals surface area (Å²) in [7, 11) is 0. The predicted molar refractivity (Wildman–Crippen MR) is 82.4 cm³/mol. The van der Waals surface area contributed by atoms with Crippen LogP contribution in [0.25, 0.3) is 0 Å². The van der Waals surface area contributed by atoms with Gasteiger partial charge >= 0.3 is 5.97 Å². The van der Waals surface area contributed by atoms with E-state index in [0.717, 1.165) is 13.1 Å². The van der Waals surface area contributed by atoms with Crippen molar-refractivity contribution in [3.63, 3.8) is 0 Å². The van der Waals surface area contributed by atoms with Gasteiger partial charge in [0, 0.05) is 19.6 Å². The summed E-state index contributed by atoms with van der Waals surface area (Å²) >= 11 is 0. The quantitative estimate of drug-likeness (QED) is 0.564. The number of hydrogen-bond donors (Lipinski definition) is 0. The number of esters is 1. The lowest BCUT2D eigenvalue weighted by Crippen LogP contribution is -2.29. The van der Waals surface area contributed by atoms with Crippen molar-refractivity contribution in [1.29, 1.82) is 0 Å². The molecule has 0 N–H and O–H groups in total. The molecule has 0 spiro atoms. The minimum atomic E-state index is -0.417. The van der Waals surface area contributed by atoms with Crippen molar-refractivity contribution in [2.24, 2.45) is 0 Å². The molecule has 0 unspecified atom stereocenters. The standard InChI is InChI=1S/C17H25NO2/c1-5-12-18(14-15-9-7-6-8-10-15)13-11-16(19)20-17(2,3)4/h5-10H,1,11-14H2,2-4H3. The van der Waals surface area contributed by atoms with Gasteiger partial charge in [0.05, 0.1) is 6.42 Å². The largest absolute Gasteiger partial charge is 0.460 e. The highest BCUT2D eigenvalue weighted by Crippen LogP contribution is 2.10. The first-order valence-corrected chi connectivity index (χ1v) is 7.00. The Morgan fingerprint density at radius 2 is 1.95 bits per heavy atom. The molecular formula is C17H25NO2. The van der Waals surface area contributed by atoms with Gasteiger partial charge < -0.3 is 4.74 Å². The average Bonchev–Trinajstić information content (AvgIpc) is 2.35. The zero-order chi connectivity index (χ0) is 15.0. The van der Waals surface area contributed by atoms with Gasteiger partial charge in [-0.1, -0.05) is 36.4 Å². The maximum absolute atomic E-state index is 11.7. The van der Waals surface area contributed by atoms with Crippen molar-refractivity contribution in [2.45, 2.75) is 39.3 Å². The molecule has 0 fully saturated rings. The number of nitrogens with zero attached hydrogens (tertiary/aromatic N) is 1. The van der Waals surface area contributed by atoms with Gasteiger partial charge in [0.15, 0.2) is 0 Å². The summed E-state index contributed by atoms with van der Waals surface area (Å²) < 4.78 is 5.33. The van der Waals surface area contributed by atoms with E-state index in [1.54, 1.807) is 0 Å². The normalized spacial score (nSPS) is 11.4. The Bertz CT molecular complexity index is 420. The van der Waals surface area contributed by atoms with Crippen LogP contribution < -0.4 is 0 Å². The Morgan fingerprint density at radius 3 is 2.50 bits per heavy atom. The van der Waals surface area contributed by atoms with E-state index in [2.05, 4.69) is 23.6 Å². The molecule has 0 saturated carbocycles. The van der Waals surface area contributed by atoms with Crippen LogP contribution in [0.4, 0.5) is 0 Å². The van der Waals surface area contributed by atoms with E-state index in [1.807, 2.05) is 45.0 Å². The van der Waals surface area contributed by atoms with Crippen LogP contribution in [0.3, 0.4) is 0 Å². The molecule has 0 aliphatic carbocycles. The van der Waals surface area contributed by atoms with Crippen LogP contribution in [-0.2, 0) is 16.1 Å². The third kappa shape index (κ3) is 7.10. The lowest BCUT2D eigenvalue weighted by molar-refractivity contribution is -0.155. The van der Waals surface area contributed by atoms with Crippen molar-refractivity contribution < 1.29 is 9.53 Å². The van der Waals surface area contributed by atoms with E-state index in [0.29, 0.717) is 13.0 Å². The molecule has 0 aliphatic heterocycles. The zero-order valence-electron chi connectivity index (χ0n) is 12.8. The van der Waals surface area contributed by atoms with Gasteiger partial charge in [-0.25, -0.2) is 0 Å². The van der Waals surface area contributed by atoms with Gasteiger partial charge in [0.2, 0.25) is 0 Å². The molecule has 0 atom stereocenters. The highest BCUT2D eigenvalue weighted by atomic mass is 16.6. The highest BCUT2D eigenvalue weighted by Gasteiger charge is 2.16. The lowest BCUT2D eigenvalue weighted by atomic mass is 10.2. The van der Waals surface area contributed by atoms with Crippen LogP contribution >= 0.6 is 0 Å². The van der Waals surface area contributed by atoms with E-state index in [-0.39, 0.29) is 5.97 Å². The molecule has 3 nitrogen and oxygen atoms in total. The molecule has 0 heterocycles. The summed E-state index contributed by atoms with van der Waals surface area (Å²) in [6, 6.07) is 10.2. The van der Waals surface area contributed by atoms with Crippen molar-refractivity contribution in [1.82, 2.24) is 4.90 Å². The number of hydrogen-bond acceptors (Lipinski definition) is 3. The number of carbonyl (C=O) groups excluding carboxylic acids is 1. The molecule has 0 bridgehead atoms. The predicted octanol–water partition coefficient (Wildman–Crippen LogP) is 3.41. The summed E-state index contributed by atoms with van der Waals surface area (Å²) in [5.74, 6) is -0.153. The van der Waals surface area contributed by atoms with Gasteiger partial charge in [-0.15, -0.1) is 6.58 Å². The summed E-state index contributed by atoms with van der Waals surface area (Å²) in [5.41, 5.74) is 0.818. The zero-order valence-corrected chi connectivity index (χ0v) is 12.8. The summed E-state index contributed by atoms with van der Waals surface area (Å²) in [5, 5.41) is 0. The van der Waals surface area contributed by atoms with E-state index in [9.17, 15) is 4.79 Å².